The number of benzene rings is 2. The number of carboxylic acid groups (broad SMARTS) is 1. The van der Waals surface area contributed by atoms with Crippen molar-refractivity contribution in [1.29, 1.82) is 0 Å². The van der Waals surface area contributed by atoms with E-state index in [0.717, 1.165) is 30.3 Å². The smallest absolute Gasteiger partial charge is 0.341 e. The molecule has 12 heteroatoms. The number of rotatable bonds is 4. The van der Waals surface area contributed by atoms with Gasteiger partial charge in [0, 0.05) is 24.3 Å². The van der Waals surface area contributed by atoms with Crippen LogP contribution in [0, 0.1) is 31.9 Å². The zero-order valence-corrected chi connectivity index (χ0v) is 15.9. The number of esters is 1. The second-order valence-corrected chi connectivity index (χ2v) is 6.65. The quantitative estimate of drug-likeness (QED) is 0.436. The summed E-state index contributed by atoms with van der Waals surface area (Å²) in [6.45, 7) is 4.88. The molecule has 0 radical (unpaired) electrons. The number of carbonyl (C=O) groups is 2. The number of nitro benzene ring substituents is 2. The van der Waals surface area contributed by atoms with Crippen LogP contribution >= 0.6 is 0 Å². The lowest BCUT2D eigenvalue weighted by molar-refractivity contribution is -0.385. The summed E-state index contributed by atoms with van der Waals surface area (Å²) in [6, 6.07) is 5.06. The van der Waals surface area contributed by atoms with Crippen molar-refractivity contribution in [3.8, 4) is 0 Å². The summed E-state index contributed by atoms with van der Waals surface area (Å²) in [6.07, 6.45) is 0. The molecule has 0 heterocycles. The van der Waals surface area contributed by atoms with Gasteiger partial charge in [-0.15, -0.1) is 0 Å². The van der Waals surface area contributed by atoms with Gasteiger partial charge in [-0.05, 0) is 32.9 Å². The van der Waals surface area contributed by atoms with Gasteiger partial charge in [-0.3, -0.25) is 20.2 Å². The van der Waals surface area contributed by atoms with Crippen LogP contribution in [0.4, 0.5) is 20.2 Å². The standard InChI is InChI=1S/C11H12FNO4.C7H4FNO4/c1-11(2,3)17-10(14)8-6-7(13(15)16)4-5-9(8)12;8-6-2-1-4(9(12)13)3-5(6)7(10)11/h4-6H,1-3H3;1-3H,(H,10,11). The molecular formula is C18H16F2N2O8. The lowest BCUT2D eigenvalue weighted by Crippen LogP contribution is -2.24. The molecular weight excluding hydrogens is 410 g/mol. The average Bonchev–Trinajstić information content (AvgIpc) is 2.60. The fraction of sp³-hybridized carbons (Fsp3) is 0.222. The highest BCUT2D eigenvalue weighted by Crippen LogP contribution is 2.20. The van der Waals surface area contributed by atoms with Crippen molar-refractivity contribution in [2.24, 2.45) is 0 Å². The molecule has 1 N–H and O–H groups in total. The SMILES string of the molecule is CC(C)(C)OC(=O)c1cc([N+](=O)[O-])ccc1F.O=C(O)c1cc([N+](=O)[O-])ccc1F. The van der Waals surface area contributed by atoms with Gasteiger partial charge in [-0.1, -0.05) is 0 Å². The molecule has 160 valence electrons. The summed E-state index contributed by atoms with van der Waals surface area (Å²) >= 11 is 0. The van der Waals surface area contributed by atoms with E-state index < -0.39 is 55.8 Å². The highest BCUT2D eigenvalue weighted by atomic mass is 19.1. The molecule has 0 spiro atoms. The lowest BCUT2D eigenvalue weighted by Gasteiger charge is -2.19. The molecule has 2 aromatic rings. The number of hydrogen-bond donors (Lipinski definition) is 1. The Morgan fingerprint density at radius 3 is 1.67 bits per heavy atom. The molecule has 0 aliphatic rings. The third kappa shape index (κ3) is 6.89. The van der Waals surface area contributed by atoms with E-state index in [0.29, 0.717) is 6.07 Å². The first-order valence-electron chi connectivity index (χ1n) is 8.07. The number of carboxylic acids is 1. The van der Waals surface area contributed by atoms with Crippen LogP contribution in [0.2, 0.25) is 0 Å². The molecule has 0 bridgehead atoms. The molecule has 0 saturated carbocycles. The molecule has 0 aliphatic heterocycles. The molecule has 0 aromatic heterocycles. The Hall–Kier alpha value is -3.96. The molecule has 0 saturated heterocycles. The number of ether oxygens (including phenoxy) is 1. The van der Waals surface area contributed by atoms with Gasteiger partial charge in [0.15, 0.2) is 0 Å². The van der Waals surface area contributed by atoms with Crippen molar-refractivity contribution in [3.05, 3.63) is 79.4 Å². The normalized spacial score (nSPS) is 10.4. The number of hydrogen-bond acceptors (Lipinski definition) is 7. The molecule has 0 amide bonds. The van der Waals surface area contributed by atoms with Crippen LogP contribution in [0.15, 0.2) is 36.4 Å². The van der Waals surface area contributed by atoms with E-state index in [1.165, 1.54) is 0 Å². The maximum absolute atomic E-state index is 13.3. The molecule has 10 nitrogen and oxygen atoms in total. The Kier molecular flexibility index (Phi) is 7.62. The van der Waals surface area contributed by atoms with Crippen molar-refractivity contribution < 1.29 is 38.1 Å². The first-order valence-corrected chi connectivity index (χ1v) is 8.07. The van der Waals surface area contributed by atoms with Crippen molar-refractivity contribution in [1.82, 2.24) is 0 Å². The number of nitrogens with zero attached hydrogens (tertiary/aromatic N) is 2. The number of halogens is 2. The summed E-state index contributed by atoms with van der Waals surface area (Å²) < 4.78 is 31.0. The average molecular weight is 426 g/mol. The highest BCUT2D eigenvalue weighted by molar-refractivity contribution is 5.90. The highest BCUT2D eigenvalue weighted by Gasteiger charge is 2.23. The number of carbonyl (C=O) groups excluding carboxylic acids is 1. The minimum atomic E-state index is -1.53. The largest absolute Gasteiger partial charge is 0.478 e. The van der Waals surface area contributed by atoms with E-state index in [4.69, 9.17) is 9.84 Å². The first-order chi connectivity index (χ1) is 13.7. The van der Waals surface area contributed by atoms with Crippen LogP contribution in [0.3, 0.4) is 0 Å². The number of non-ortho nitro benzene ring substituents is 2. The Morgan fingerprint density at radius 1 is 0.900 bits per heavy atom. The Balaban J connectivity index is 0.000000311. The Bertz CT molecular complexity index is 1000. The van der Waals surface area contributed by atoms with Gasteiger partial charge in [0.05, 0.1) is 9.85 Å². The third-order valence-corrected chi connectivity index (χ3v) is 3.17. The van der Waals surface area contributed by atoms with Gasteiger partial charge in [0.25, 0.3) is 11.4 Å². The van der Waals surface area contributed by atoms with Gasteiger partial charge in [-0.25, -0.2) is 18.4 Å². The summed E-state index contributed by atoms with van der Waals surface area (Å²) in [7, 11) is 0. The predicted molar refractivity (Wildman–Crippen MR) is 98.2 cm³/mol. The predicted octanol–water partition coefficient (Wildman–Crippen LogP) is 4.12. The summed E-state index contributed by atoms with van der Waals surface area (Å²) in [5.41, 5.74) is -2.72. The third-order valence-electron chi connectivity index (χ3n) is 3.17. The lowest BCUT2D eigenvalue weighted by atomic mass is 10.1. The van der Waals surface area contributed by atoms with E-state index in [1.807, 2.05) is 0 Å². The maximum atomic E-state index is 13.3. The van der Waals surface area contributed by atoms with Gasteiger partial charge in [0.2, 0.25) is 0 Å². The van der Waals surface area contributed by atoms with Crippen LogP contribution in [0.1, 0.15) is 41.5 Å². The van der Waals surface area contributed by atoms with Gasteiger partial charge < -0.3 is 9.84 Å². The zero-order valence-electron chi connectivity index (χ0n) is 15.9. The van der Waals surface area contributed by atoms with E-state index >= 15 is 0 Å². The van der Waals surface area contributed by atoms with Crippen LogP contribution in [0.5, 0.6) is 0 Å². The number of aromatic carboxylic acids is 1. The fourth-order valence-corrected chi connectivity index (χ4v) is 1.91. The second kappa shape index (κ2) is 9.49. The fourth-order valence-electron chi connectivity index (χ4n) is 1.91. The first kappa shape index (κ1) is 24.1. The molecule has 2 aromatic carbocycles. The van der Waals surface area contributed by atoms with Crippen molar-refractivity contribution in [3.63, 3.8) is 0 Å². The van der Waals surface area contributed by atoms with E-state index in [9.17, 15) is 38.6 Å². The van der Waals surface area contributed by atoms with Crippen LogP contribution < -0.4 is 0 Å². The van der Waals surface area contributed by atoms with Crippen molar-refractivity contribution >= 4 is 23.3 Å². The maximum Gasteiger partial charge on any atom is 0.341 e. The minimum absolute atomic E-state index is 0.354. The van der Waals surface area contributed by atoms with Crippen molar-refractivity contribution in [2.75, 3.05) is 0 Å². The zero-order chi connectivity index (χ0) is 23.2. The molecule has 0 atom stereocenters. The Morgan fingerprint density at radius 2 is 1.30 bits per heavy atom. The number of nitro groups is 2. The summed E-state index contributed by atoms with van der Waals surface area (Å²) in [4.78, 5) is 41.1. The second-order valence-electron chi connectivity index (χ2n) is 6.65. The van der Waals surface area contributed by atoms with Gasteiger partial charge in [0.1, 0.15) is 28.4 Å². The Labute approximate surface area is 168 Å². The summed E-state index contributed by atoms with van der Waals surface area (Å²) in [5, 5.41) is 29.1. The van der Waals surface area contributed by atoms with E-state index in [1.54, 1.807) is 20.8 Å². The minimum Gasteiger partial charge on any atom is -0.478 e. The van der Waals surface area contributed by atoms with E-state index in [-0.39, 0.29) is 5.69 Å². The van der Waals surface area contributed by atoms with Crippen molar-refractivity contribution in [2.45, 2.75) is 26.4 Å². The van der Waals surface area contributed by atoms with Crippen LogP contribution in [-0.4, -0.2) is 32.5 Å². The summed E-state index contributed by atoms with van der Waals surface area (Å²) in [5.74, 6) is -4.28. The molecule has 0 unspecified atom stereocenters. The van der Waals surface area contributed by atoms with Crippen LogP contribution in [0.25, 0.3) is 0 Å². The molecule has 30 heavy (non-hydrogen) atoms. The molecule has 2 rings (SSSR count). The van der Waals surface area contributed by atoms with E-state index in [2.05, 4.69) is 0 Å². The van der Waals surface area contributed by atoms with Gasteiger partial charge >= 0.3 is 11.9 Å². The molecule has 0 aliphatic carbocycles. The monoisotopic (exact) mass is 426 g/mol. The van der Waals surface area contributed by atoms with Gasteiger partial charge in [-0.2, -0.15) is 0 Å². The topological polar surface area (TPSA) is 150 Å². The molecule has 0 fully saturated rings. The van der Waals surface area contributed by atoms with Crippen LogP contribution in [-0.2, 0) is 4.74 Å².